The number of anilines is 1. The maximum Gasteiger partial charge on any atom is 0.337 e. The second-order valence-corrected chi connectivity index (χ2v) is 3.83. The first-order valence-corrected chi connectivity index (χ1v) is 5.28. The summed E-state index contributed by atoms with van der Waals surface area (Å²) < 4.78 is 4.92. The number of rotatable bonds is 6. The first kappa shape index (κ1) is 13.5. The number of aliphatic hydroxyl groups excluding tert-OH is 1. The van der Waals surface area contributed by atoms with E-state index in [4.69, 9.17) is 14.9 Å². The first-order chi connectivity index (χ1) is 8.08. The largest absolute Gasteiger partial charge is 0.478 e. The van der Waals surface area contributed by atoms with Gasteiger partial charge in [0.2, 0.25) is 0 Å². The normalized spacial score (nSPS) is 12.2. The van der Waals surface area contributed by atoms with Crippen LogP contribution >= 0.6 is 0 Å². The van der Waals surface area contributed by atoms with Crippen LogP contribution in [-0.2, 0) is 4.74 Å². The van der Waals surface area contributed by atoms with Crippen molar-refractivity contribution in [2.24, 2.45) is 0 Å². The molecule has 94 valence electrons. The van der Waals surface area contributed by atoms with Crippen LogP contribution in [0.5, 0.6) is 0 Å². The summed E-state index contributed by atoms with van der Waals surface area (Å²) in [6.07, 6.45) is 0. The van der Waals surface area contributed by atoms with Gasteiger partial charge in [-0.1, -0.05) is 11.6 Å². The maximum absolute atomic E-state index is 11.1. The Kier molecular flexibility index (Phi) is 4.93. The Labute approximate surface area is 100 Å². The van der Waals surface area contributed by atoms with Crippen LogP contribution in [0.3, 0.4) is 0 Å². The molecule has 0 heterocycles. The van der Waals surface area contributed by atoms with Crippen LogP contribution in [0.25, 0.3) is 0 Å². The van der Waals surface area contributed by atoms with Crippen molar-refractivity contribution < 1.29 is 19.7 Å². The summed E-state index contributed by atoms with van der Waals surface area (Å²) in [5.41, 5.74) is 1.55. The van der Waals surface area contributed by atoms with Gasteiger partial charge in [0.05, 0.1) is 24.8 Å². The molecule has 0 saturated carbocycles. The number of hydrogen-bond acceptors (Lipinski definition) is 4. The Bertz CT molecular complexity index is 392. The van der Waals surface area contributed by atoms with Crippen molar-refractivity contribution in [2.75, 3.05) is 25.6 Å². The van der Waals surface area contributed by atoms with Crippen molar-refractivity contribution in [3.63, 3.8) is 0 Å². The van der Waals surface area contributed by atoms with Crippen molar-refractivity contribution in [1.29, 1.82) is 0 Å². The Hall–Kier alpha value is -1.59. The first-order valence-electron chi connectivity index (χ1n) is 5.28. The van der Waals surface area contributed by atoms with Crippen molar-refractivity contribution in [3.05, 3.63) is 29.3 Å². The zero-order valence-electron chi connectivity index (χ0n) is 9.93. The highest BCUT2D eigenvalue weighted by molar-refractivity contribution is 5.94. The van der Waals surface area contributed by atoms with E-state index < -0.39 is 5.97 Å². The standard InChI is InChI=1S/C12H17NO4/c1-8-3-4-11(10(5-8)12(15)16)13-9(6-14)7-17-2/h3-5,9,13-14H,6-7H2,1-2H3,(H,15,16). The monoisotopic (exact) mass is 239 g/mol. The third kappa shape index (κ3) is 3.72. The van der Waals surface area contributed by atoms with Gasteiger partial charge >= 0.3 is 5.97 Å². The number of carbonyl (C=O) groups is 1. The molecule has 0 aliphatic carbocycles. The molecule has 1 unspecified atom stereocenters. The molecule has 0 fully saturated rings. The molecule has 5 nitrogen and oxygen atoms in total. The molecule has 0 bridgehead atoms. The van der Waals surface area contributed by atoms with Gasteiger partial charge in [-0.05, 0) is 19.1 Å². The van der Waals surface area contributed by atoms with E-state index >= 15 is 0 Å². The summed E-state index contributed by atoms with van der Waals surface area (Å²) in [6, 6.07) is 4.78. The quantitative estimate of drug-likeness (QED) is 0.693. The molecular weight excluding hydrogens is 222 g/mol. The molecule has 1 atom stereocenters. The third-order valence-corrected chi connectivity index (χ3v) is 2.35. The molecule has 1 aromatic rings. The van der Waals surface area contributed by atoms with Gasteiger partial charge in [-0.3, -0.25) is 0 Å². The van der Waals surface area contributed by atoms with Gasteiger partial charge in [-0.15, -0.1) is 0 Å². The molecule has 0 radical (unpaired) electrons. The van der Waals surface area contributed by atoms with Gasteiger partial charge in [-0.2, -0.15) is 0 Å². The van der Waals surface area contributed by atoms with Gasteiger partial charge in [0.15, 0.2) is 0 Å². The summed E-state index contributed by atoms with van der Waals surface area (Å²) >= 11 is 0. The van der Waals surface area contributed by atoms with Gasteiger partial charge in [0.25, 0.3) is 0 Å². The number of aromatic carboxylic acids is 1. The molecule has 0 saturated heterocycles. The SMILES string of the molecule is COCC(CO)Nc1ccc(C)cc1C(=O)O. The summed E-state index contributed by atoms with van der Waals surface area (Å²) in [5, 5.41) is 21.1. The molecule has 0 amide bonds. The highest BCUT2D eigenvalue weighted by Crippen LogP contribution is 2.18. The highest BCUT2D eigenvalue weighted by atomic mass is 16.5. The van der Waals surface area contributed by atoms with Crippen LogP contribution in [0.1, 0.15) is 15.9 Å². The summed E-state index contributed by atoms with van der Waals surface area (Å²) in [6.45, 7) is 2.01. The number of carboxylic acid groups (broad SMARTS) is 1. The molecule has 3 N–H and O–H groups in total. The molecule has 0 aromatic heterocycles. The van der Waals surface area contributed by atoms with E-state index in [-0.39, 0.29) is 18.2 Å². The number of aryl methyl sites for hydroxylation is 1. The number of carboxylic acids is 1. The fraction of sp³-hybridized carbons (Fsp3) is 0.417. The van der Waals surface area contributed by atoms with Gasteiger partial charge in [-0.25, -0.2) is 4.79 Å². The molecule has 5 heteroatoms. The van der Waals surface area contributed by atoms with E-state index in [0.29, 0.717) is 12.3 Å². The van der Waals surface area contributed by atoms with E-state index in [9.17, 15) is 4.79 Å². The molecule has 0 aliphatic rings. The minimum Gasteiger partial charge on any atom is -0.478 e. The molecule has 1 rings (SSSR count). The number of nitrogens with one attached hydrogen (secondary N) is 1. The van der Waals surface area contributed by atoms with E-state index in [1.54, 1.807) is 12.1 Å². The summed E-state index contributed by atoms with van der Waals surface area (Å²) in [7, 11) is 1.53. The Balaban J connectivity index is 2.92. The Morgan fingerprint density at radius 3 is 2.76 bits per heavy atom. The lowest BCUT2D eigenvalue weighted by Gasteiger charge is -2.18. The molecular formula is C12H17NO4. The number of benzene rings is 1. The predicted octanol–water partition coefficient (Wildman–Crippen LogP) is 1.11. The van der Waals surface area contributed by atoms with Crippen molar-refractivity contribution in [1.82, 2.24) is 0 Å². The number of hydrogen-bond donors (Lipinski definition) is 3. The maximum atomic E-state index is 11.1. The van der Waals surface area contributed by atoms with E-state index in [2.05, 4.69) is 5.32 Å². The minimum atomic E-state index is -0.995. The average molecular weight is 239 g/mol. The van der Waals surface area contributed by atoms with Crippen LogP contribution in [0, 0.1) is 6.92 Å². The van der Waals surface area contributed by atoms with Crippen molar-refractivity contribution >= 4 is 11.7 Å². The van der Waals surface area contributed by atoms with Gasteiger partial charge < -0.3 is 20.3 Å². The van der Waals surface area contributed by atoms with Crippen LogP contribution in [0.2, 0.25) is 0 Å². The fourth-order valence-corrected chi connectivity index (χ4v) is 1.52. The van der Waals surface area contributed by atoms with Gasteiger partial charge in [0.1, 0.15) is 0 Å². The minimum absolute atomic E-state index is 0.124. The zero-order valence-corrected chi connectivity index (χ0v) is 9.93. The van der Waals surface area contributed by atoms with Crippen LogP contribution < -0.4 is 5.32 Å². The van der Waals surface area contributed by atoms with Crippen LogP contribution in [0.15, 0.2) is 18.2 Å². The number of ether oxygens (including phenoxy) is 1. The molecule has 0 aliphatic heterocycles. The Morgan fingerprint density at radius 1 is 1.53 bits per heavy atom. The fourth-order valence-electron chi connectivity index (χ4n) is 1.52. The number of aliphatic hydroxyl groups is 1. The average Bonchev–Trinajstić information content (AvgIpc) is 2.30. The number of methoxy groups -OCH3 is 1. The highest BCUT2D eigenvalue weighted by Gasteiger charge is 2.13. The van der Waals surface area contributed by atoms with E-state index in [0.717, 1.165) is 5.56 Å². The lowest BCUT2D eigenvalue weighted by molar-refractivity contribution is 0.0697. The molecule has 1 aromatic carbocycles. The second kappa shape index (κ2) is 6.22. The predicted molar refractivity (Wildman–Crippen MR) is 64.5 cm³/mol. The van der Waals surface area contributed by atoms with Crippen LogP contribution in [-0.4, -0.2) is 42.5 Å². The van der Waals surface area contributed by atoms with Crippen LogP contribution in [0.4, 0.5) is 5.69 Å². The summed E-state index contributed by atoms with van der Waals surface area (Å²) in [5.74, 6) is -0.995. The molecule has 0 spiro atoms. The topological polar surface area (TPSA) is 78.8 Å². The smallest absolute Gasteiger partial charge is 0.337 e. The lowest BCUT2D eigenvalue weighted by Crippen LogP contribution is -2.29. The van der Waals surface area contributed by atoms with E-state index in [1.807, 2.05) is 13.0 Å². The zero-order chi connectivity index (χ0) is 12.8. The summed E-state index contributed by atoms with van der Waals surface area (Å²) in [4.78, 5) is 11.1. The second-order valence-electron chi connectivity index (χ2n) is 3.83. The Morgan fingerprint density at radius 2 is 2.24 bits per heavy atom. The third-order valence-electron chi connectivity index (χ3n) is 2.35. The van der Waals surface area contributed by atoms with Crippen molar-refractivity contribution in [3.8, 4) is 0 Å². The van der Waals surface area contributed by atoms with Gasteiger partial charge in [0, 0.05) is 12.8 Å². The lowest BCUT2D eigenvalue weighted by atomic mass is 10.1. The molecule has 17 heavy (non-hydrogen) atoms. The van der Waals surface area contributed by atoms with Crippen molar-refractivity contribution in [2.45, 2.75) is 13.0 Å². The van der Waals surface area contributed by atoms with E-state index in [1.165, 1.54) is 7.11 Å².